The fourth-order valence-corrected chi connectivity index (χ4v) is 4.09. The molecule has 0 bridgehead atoms. The van der Waals surface area contributed by atoms with Gasteiger partial charge in [0.2, 0.25) is 11.7 Å². The van der Waals surface area contributed by atoms with Crippen molar-refractivity contribution >= 4 is 5.97 Å². The van der Waals surface area contributed by atoms with Crippen LogP contribution in [0.15, 0.2) is 28.8 Å². The molecule has 2 fully saturated rings. The maximum Gasteiger partial charge on any atom is 0.311 e. The largest absolute Gasteiger partial charge is 0.481 e. The molecule has 1 aliphatic carbocycles. The van der Waals surface area contributed by atoms with Crippen molar-refractivity contribution < 1.29 is 18.8 Å². The van der Waals surface area contributed by atoms with E-state index in [2.05, 4.69) is 15.0 Å². The summed E-state index contributed by atoms with van der Waals surface area (Å²) in [6.45, 7) is 1.72. The van der Waals surface area contributed by atoms with Gasteiger partial charge in [0.1, 0.15) is 5.82 Å². The highest BCUT2D eigenvalue weighted by atomic mass is 19.1. The molecular weight excluding hydrogens is 313 g/mol. The van der Waals surface area contributed by atoms with Gasteiger partial charge in [-0.2, -0.15) is 4.98 Å². The number of benzene rings is 1. The minimum atomic E-state index is -0.690. The number of nitrogens with zero attached hydrogens (tertiary/aromatic N) is 3. The van der Waals surface area contributed by atoms with E-state index in [0.717, 1.165) is 25.8 Å². The first-order chi connectivity index (χ1) is 11.6. The zero-order valence-electron chi connectivity index (χ0n) is 13.1. The number of fused-ring (bicyclic) bond motifs is 1. The first kappa shape index (κ1) is 15.3. The standard InChI is InChI=1S/C17H18FN3O3/c18-13-5-3-11(4-6-13)15-19-14(24-20-15)9-21-8-12-2-1-7-17(12,10-21)16(22)23/h3-6,12H,1-2,7-10H2,(H,22,23)/t12-,17+/m0/s1. The molecular formula is C17H18FN3O3. The van der Waals surface area contributed by atoms with Crippen LogP contribution in [0.3, 0.4) is 0 Å². The van der Waals surface area contributed by atoms with Crippen LogP contribution >= 0.6 is 0 Å². The fraction of sp³-hybridized carbons (Fsp3) is 0.471. The smallest absolute Gasteiger partial charge is 0.311 e. The maximum absolute atomic E-state index is 13.0. The summed E-state index contributed by atoms with van der Waals surface area (Å²) >= 11 is 0. The van der Waals surface area contributed by atoms with Gasteiger partial charge in [-0.05, 0) is 43.0 Å². The lowest BCUT2D eigenvalue weighted by atomic mass is 9.81. The van der Waals surface area contributed by atoms with E-state index < -0.39 is 11.4 Å². The lowest BCUT2D eigenvalue weighted by Gasteiger charge is -2.23. The molecule has 2 heterocycles. The summed E-state index contributed by atoms with van der Waals surface area (Å²) in [5.74, 6) is 0.0664. The number of rotatable bonds is 4. The summed E-state index contributed by atoms with van der Waals surface area (Å²) in [6.07, 6.45) is 2.70. The second-order valence-electron chi connectivity index (χ2n) is 6.74. The van der Waals surface area contributed by atoms with E-state index in [0.29, 0.717) is 30.4 Å². The van der Waals surface area contributed by atoms with E-state index in [1.165, 1.54) is 12.1 Å². The van der Waals surface area contributed by atoms with Crippen molar-refractivity contribution in [2.24, 2.45) is 11.3 Å². The predicted molar refractivity (Wildman–Crippen MR) is 82.4 cm³/mol. The number of carbonyl (C=O) groups is 1. The summed E-state index contributed by atoms with van der Waals surface area (Å²) in [5, 5.41) is 13.6. The van der Waals surface area contributed by atoms with Gasteiger partial charge >= 0.3 is 5.97 Å². The van der Waals surface area contributed by atoms with Crippen LogP contribution < -0.4 is 0 Å². The number of aromatic nitrogens is 2. The molecule has 1 aromatic heterocycles. The van der Waals surface area contributed by atoms with Gasteiger partial charge in [0.05, 0.1) is 12.0 Å². The van der Waals surface area contributed by atoms with Crippen LogP contribution in [0.1, 0.15) is 25.2 Å². The predicted octanol–water partition coefficient (Wildman–Crippen LogP) is 2.56. The lowest BCUT2D eigenvalue weighted by Crippen LogP contribution is -2.35. The molecule has 0 spiro atoms. The SMILES string of the molecule is O=C(O)[C@@]12CCC[C@H]1CN(Cc1nc(-c3ccc(F)cc3)no1)C2. The zero-order valence-corrected chi connectivity index (χ0v) is 13.1. The Morgan fingerprint density at radius 2 is 2.21 bits per heavy atom. The minimum Gasteiger partial charge on any atom is -0.481 e. The van der Waals surface area contributed by atoms with Gasteiger partial charge in [-0.3, -0.25) is 9.69 Å². The third kappa shape index (κ3) is 2.49. The molecule has 4 rings (SSSR count). The molecule has 2 atom stereocenters. The van der Waals surface area contributed by atoms with E-state index >= 15 is 0 Å². The van der Waals surface area contributed by atoms with Crippen LogP contribution in [0.4, 0.5) is 4.39 Å². The summed E-state index contributed by atoms with van der Waals surface area (Å²) in [7, 11) is 0. The van der Waals surface area contributed by atoms with E-state index in [4.69, 9.17) is 4.52 Å². The Labute approximate surface area is 138 Å². The third-order valence-electron chi connectivity index (χ3n) is 5.30. The number of aliphatic carboxylic acids is 1. The van der Waals surface area contributed by atoms with Gasteiger partial charge in [0.25, 0.3) is 0 Å². The maximum atomic E-state index is 13.0. The minimum absolute atomic E-state index is 0.203. The van der Waals surface area contributed by atoms with Gasteiger partial charge < -0.3 is 9.63 Å². The fourth-order valence-electron chi connectivity index (χ4n) is 4.09. The van der Waals surface area contributed by atoms with Crippen LogP contribution in [0.2, 0.25) is 0 Å². The molecule has 1 saturated heterocycles. The second kappa shape index (κ2) is 5.66. The van der Waals surface area contributed by atoms with E-state index in [1.807, 2.05) is 0 Å². The quantitative estimate of drug-likeness (QED) is 0.927. The second-order valence-corrected chi connectivity index (χ2v) is 6.74. The van der Waals surface area contributed by atoms with Crippen molar-refractivity contribution in [3.8, 4) is 11.4 Å². The highest BCUT2D eigenvalue weighted by molar-refractivity contribution is 5.76. The molecule has 1 saturated carbocycles. The van der Waals surface area contributed by atoms with Gasteiger partial charge in [-0.25, -0.2) is 4.39 Å². The number of halogens is 1. The average Bonchev–Trinajstić information content (AvgIpc) is 3.22. The average molecular weight is 331 g/mol. The van der Waals surface area contributed by atoms with Crippen LogP contribution in [-0.4, -0.2) is 39.2 Å². The molecule has 1 aliphatic heterocycles. The van der Waals surface area contributed by atoms with Gasteiger partial charge in [-0.1, -0.05) is 11.6 Å². The summed E-state index contributed by atoms with van der Waals surface area (Å²) in [4.78, 5) is 18.1. The van der Waals surface area contributed by atoms with E-state index in [1.54, 1.807) is 12.1 Å². The zero-order chi connectivity index (χ0) is 16.7. The van der Waals surface area contributed by atoms with Crippen molar-refractivity contribution in [3.05, 3.63) is 36.0 Å². The normalized spacial score (nSPS) is 26.6. The first-order valence-electron chi connectivity index (χ1n) is 8.11. The molecule has 126 valence electrons. The Hall–Kier alpha value is -2.28. The lowest BCUT2D eigenvalue weighted by molar-refractivity contribution is -0.149. The molecule has 7 heteroatoms. The molecule has 1 aromatic carbocycles. The van der Waals surface area contributed by atoms with Crippen molar-refractivity contribution in [2.75, 3.05) is 13.1 Å². The van der Waals surface area contributed by atoms with Crippen molar-refractivity contribution in [1.29, 1.82) is 0 Å². The topological polar surface area (TPSA) is 79.5 Å². The van der Waals surface area contributed by atoms with Crippen molar-refractivity contribution in [2.45, 2.75) is 25.8 Å². The van der Waals surface area contributed by atoms with Gasteiger partial charge in [-0.15, -0.1) is 0 Å². The Kier molecular flexibility index (Phi) is 3.60. The van der Waals surface area contributed by atoms with Crippen LogP contribution in [-0.2, 0) is 11.3 Å². The van der Waals surface area contributed by atoms with E-state index in [-0.39, 0.29) is 11.7 Å². The van der Waals surface area contributed by atoms with Gasteiger partial charge in [0.15, 0.2) is 0 Å². The highest BCUT2D eigenvalue weighted by Crippen LogP contribution is 2.49. The molecule has 2 aromatic rings. The Morgan fingerprint density at radius 1 is 1.42 bits per heavy atom. The number of carboxylic acids is 1. The number of likely N-dealkylation sites (tertiary alicyclic amines) is 1. The van der Waals surface area contributed by atoms with Crippen molar-refractivity contribution in [1.82, 2.24) is 15.0 Å². The van der Waals surface area contributed by atoms with E-state index in [9.17, 15) is 14.3 Å². The highest BCUT2D eigenvalue weighted by Gasteiger charge is 2.54. The summed E-state index contributed by atoms with van der Waals surface area (Å²) in [6, 6.07) is 5.90. The van der Waals surface area contributed by atoms with Crippen molar-refractivity contribution in [3.63, 3.8) is 0 Å². The molecule has 1 N–H and O–H groups in total. The summed E-state index contributed by atoms with van der Waals surface area (Å²) < 4.78 is 18.3. The monoisotopic (exact) mass is 331 g/mol. The Morgan fingerprint density at radius 3 is 2.92 bits per heavy atom. The Balaban J connectivity index is 1.47. The number of hydrogen-bond donors (Lipinski definition) is 1. The molecule has 2 aliphatic rings. The van der Waals surface area contributed by atoms with Crippen LogP contribution in [0.25, 0.3) is 11.4 Å². The number of carboxylic acid groups (broad SMARTS) is 1. The molecule has 0 unspecified atom stereocenters. The third-order valence-corrected chi connectivity index (χ3v) is 5.30. The molecule has 0 radical (unpaired) electrons. The van der Waals surface area contributed by atoms with Gasteiger partial charge in [0, 0.05) is 18.7 Å². The molecule has 0 amide bonds. The van der Waals surface area contributed by atoms with Crippen LogP contribution in [0, 0.1) is 17.2 Å². The molecule has 6 nitrogen and oxygen atoms in total. The molecule has 24 heavy (non-hydrogen) atoms. The Bertz CT molecular complexity index is 761. The number of hydrogen-bond acceptors (Lipinski definition) is 5. The first-order valence-corrected chi connectivity index (χ1v) is 8.11. The van der Waals surface area contributed by atoms with Crippen LogP contribution in [0.5, 0.6) is 0 Å². The summed E-state index contributed by atoms with van der Waals surface area (Å²) in [5.41, 5.74) is 0.0755.